The SMILES string of the molecule is [N-]=[N+]=Nc1c(O)[nH]c(O)c1N=[N+]=[N-]. The largest absolute Gasteiger partial charge is 0.494 e. The van der Waals surface area contributed by atoms with Gasteiger partial charge in [0.15, 0.2) is 0 Å². The summed E-state index contributed by atoms with van der Waals surface area (Å²) in [6.07, 6.45) is 0. The summed E-state index contributed by atoms with van der Waals surface area (Å²) >= 11 is 0. The summed E-state index contributed by atoms with van der Waals surface area (Å²) in [6.45, 7) is 0. The Kier molecular flexibility index (Phi) is 2.16. The van der Waals surface area contributed by atoms with Gasteiger partial charge < -0.3 is 10.2 Å². The summed E-state index contributed by atoms with van der Waals surface area (Å²) in [6, 6.07) is 0. The highest BCUT2D eigenvalue weighted by molar-refractivity contribution is 5.73. The molecule has 0 aromatic carbocycles. The van der Waals surface area contributed by atoms with E-state index in [-0.39, 0.29) is 11.4 Å². The number of azide groups is 2. The molecule has 0 saturated heterocycles. The van der Waals surface area contributed by atoms with Gasteiger partial charge in [-0.25, -0.2) is 0 Å². The van der Waals surface area contributed by atoms with E-state index in [2.05, 4.69) is 20.1 Å². The summed E-state index contributed by atoms with van der Waals surface area (Å²) in [7, 11) is 0. The van der Waals surface area contributed by atoms with E-state index in [4.69, 9.17) is 21.3 Å². The van der Waals surface area contributed by atoms with Crippen LogP contribution in [-0.2, 0) is 0 Å². The fourth-order valence-electron chi connectivity index (χ4n) is 0.734. The molecule has 9 heteroatoms. The number of nitrogens with one attached hydrogen (secondary N) is 1. The van der Waals surface area contributed by atoms with Crippen molar-refractivity contribution in [2.45, 2.75) is 0 Å². The van der Waals surface area contributed by atoms with Crippen LogP contribution in [0.3, 0.4) is 0 Å². The van der Waals surface area contributed by atoms with Crippen molar-refractivity contribution < 1.29 is 10.2 Å². The standard InChI is InChI=1S/C4H3N7O2/c5-10-8-1-2(9-11-6)4(13)7-3(1)12/h7,12-13H. The molecule has 0 aliphatic rings. The maximum absolute atomic E-state index is 9.01. The van der Waals surface area contributed by atoms with Gasteiger partial charge in [0, 0.05) is 9.82 Å². The monoisotopic (exact) mass is 181 g/mol. The van der Waals surface area contributed by atoms with E-state index < -0.39 is 11.8 Å². The third kappa shape index (κ3) is 1.41. The maximum atomic E-state index is 9.01. The van der Waals surface area contributed by atoms with Crippen LogP contribution in [-0.4, -0.2) is 15.2 Å². The lowest BCUT2D eigenvalue weighted by Gasteiger charge is -1.87. The molecule has 1 rings (SSSR count). The Balaban J connectivity index is 3.45. The summed E-state index contributed by atoms with van der Waals surface area (Å²) in [5, 5.41) is 24.1. The van der Waals surface area contributed by atoms with Crippen molar-refractivity contribution in [2.24, 2.45) is 10.2 Å². The molecule has 0 bridgehead atoms. The van der Waals surface area contributed by atoms with Gasteiger partial charge in [-0.3, -0.25) is 4.98 Å². The highest BCUT2D eigenvalue weighted by Gasteiger charge is 2.13. The Morgan fingerprint density at radius 2 is 1.38 bits per heavy atom. The average molecular weight is 181 g/mol. The van der Waals surface area contributed by atoms with Gasteiger partial charge in [0.05, 0.1) is 0 Å². The van der Waals surface area contributed by atoms with Gasteiger partial charge in [0.1, 0.15) is 11.4 Å². The molecule has 1 heterocycles. The molecule has 0 saturated carbocycles. The fourth-order valence-corrected chi connectivity index (χ4v) is 0.734. The molecule has 1 aromatic rings. The van der Waals surface area contributed by atoms with Crippen molar-refractivity contribution >= 4 is 11.4 Å². The Labute approximate surface area is 70.5 Å². The second-order valence-electron chi connectivity index (χ2n) is 1.90. The fraction of sp³-hybridized carbons (Fsp3) is 0. The molecule has 9 nitrogen and oxygen atoms in total. The van der Waals surface area contributed by atoms with E-state index in [0.29, 0.717) is 0 Å². The zero-order valence-corrected chi connectivity index (χ0v) is 6.08. The number of H-pyrrole nitrogens is 1. The van der Waals surface area contributed by atoms with Crippen LogP contribution in [0.2, 0.25) is 0 Å². The lowest BCUT2D eigenvalue weighted by molar-refractivity contribution is 0.426. The van der Waals surface area contributed by atoms with Crippen LogP contribution >= 0.6 is 0 Å². The number of aromatic nitrogens is 1. The van der Waals surface area contributed by atoms with Crippen molar-refractivity contribution in [1.82, 2.24) is 4.98 Å². The first-order valence-electron chi connectivity index (χ1n) is 2.94. The average Bonchev–Trinajstić information content (AvgIpc) is 2.33. The summed E-state index contributed by atoms with van der Waals surface area (Å²) in [5.41, 5.74) is 15.5. The summed E-state index contributed by atoms with van der Waals surface area (Å²) in [5.74, 6) is -1.12. The minimum atomic E-state index is -0.558. The zero-order valence-electron chi connectivity index (χ0n) is 6.08. The lowest BCUT2D eigenvalue weighted by Crippen LogP contribution is -1.59. The van der Waals surface area contributed by atoms with Gasteiger partial charge in [0.2, 0.25) is 11.8 Å². The first-order valence-corrected chi connectivity index (χ1v) is 2.94. The third-order valence-corrected chi connectivity index (χ3v) is 1.20. The predicted molar refractivity (Wildman–Crippen MR) is 41.7 cm³/mol. The first kappa shape index (κ1) is 8.60. The molecule has 0 amide bonds. The van der Waals surface area contributed by atoms with Crippen molar-refractivity contribution in [3.05, 3.63) is 20.9 Å². The van der Waals surface area contributed by atoms with Crippen LogP contribution < -0.4 is 0 Å². The third-order valence-electron chi connectivity index (χ3n) is 1.20. The van der Waals surface area contributed by atoms with E-state index in [1.165, 1.54) is 0 Å². The van der Waals surface area contributed by atoms with Crippen molar-refractivity contribution in [1.29, 1.82) is 0 Å². The molecule has 1 aromatic heterocycles. The van der Waals surface area contributed by atoms with Gasteiger partial charge in [-0.2, -0.15) is 0 Å². The molecule has 0 aliphatic heterocycles. The first-order chi connectivity index (χ1) is 6.20. The van der Waals surface area contributed by atoms with Crippen molar-refractivity contribution in [3.63, 3.8) is 0 Å². The predicted octanol–water partition coefficient (Wildman–Crippen LogP) is 2.31. The van der Waals surface area contributed by atoms with Crippen molar-refractivity contribution in [3.8, 4) is 11.8 Å². The Morgan fingerprint density at radius 1 is 1.00 bits per heavy atom. The molecular weight excluding hydrogens is 178 g/mol. The normalized spacial score (nSPS) is 8.62. The quantitative estimate of drug-likeness (QED) is 0.363. The molecule has 0 fully saturated rings. The number of aromatic amines is 1. The molecule has 0 atom stereocenters. The van der Waals surface area contributed by atoms with Crippen LogP contribution in [0.1, 0.15) is 0 Å². The minimum Gasteiger partial charge on any atom is -0.494 e. The molecule has 0 unspecified atom stereocenters. The number of aromatic hydroxyl groups is 2. The Morgan fingerprint density at radius 3 is 1.69 bits per heavy atom. The van der Waals surface area contributed by atoms with Crippen LogP contribution in [0.25, 0.3) is 20.9 Å². The van der Waals surface area contributed by atoms with Gasteiger partial charge in [0.25, 0.3) is 0 Å². The maximum Gasteiger partial charge on any atom is 0.201 e. The second-order valence-corrected chi connectivity index (χ2v) is 1.90. The summed E-state index contributed by atoms with van der Waals surface area (Å²) < 4.78 is 0. The van der Waals surface area contributed by atoms with Gasteiger partial charge >= 0.3 is 0 Å². The van der Waals surface area contributed by atoms with Crippen molar-refractivity contribution in [2.75, 3.05) is 0 Å². The van der Waals surface area contributed by atoms with E-state index in [1.54, 1.807) is 0 Å². The highest BCUT2D eigenvalue weighted by atomic mass is 16.3. The van der Waals surface area contributed by atoms with Gasteiger partial charge in [-0.15, -0.1) is 0 Å². The number of nitrogens with zero attached hydrogens (tertiary/aromatic N) is 6. The van der Waals surface area contributed by atoms with Crippen LogP contribution in [0.4, 0.5) is 11.4 Å². The second kappa shape index (κ2) is 3.26. The molecule has 0 spiro atoms. The smallest absolute Gasteiger partial charge is 0.201 e. The molecular formula is C4H3N7O2. The molecule has 0 aliphatic carbocycles. The molecule has 66 valence electrons. The van der Waals surface area contributed by atoms with E-state index in [0.717, 1.165) is 0 Å². The van der Waals surface area contributed by atoms with Crippen LogP contribution in [0.5, 0.6) is 11.8 Å². The van der Waals surface area contributed by atoms with Crippen LogP contribution in [0, 0.1) is 0 Å². The van der Waals surface area contributed by atoms with Gasteiger partial charge in [-0.1, -0.05) is 10.2 Å². The lowest BCUT2D eigenvalue weighted by atomic mass is 10.4. The number of hydrogen-bond donors (Lipinski definition) is 3. The van der Waals surface area contributed by atoms with E-state index in [9.17, 15) is 0 Å². The Hall–Kier alpha value is -2.50. The Bertz CT molecular complexity index is 383. The summed E-state index contributed by atoms with van der Waals surface area (Å²) in [4.78, 5) is 6.77. The highest BCUT2D eigenvalue weighted by Crippen LogP contribution is 2.43. The molecule has 3 N–H and O–H groups in total. The minimum absolute atomic E-state index is 0.335. The number of hydrogen-bond acceptors (Lipinski definition) is 4. The van der Waals surface area contributed by atoms with E-state index >= 15 is 0 Å². The zero-order chi connectivity index (χ0) is 9.84. The molecule has 13 heavy (non-hydrogen) atoms. The van der Waals surface area contributed by atoms with Crippen LogP contribution in [0.15, 0.2) is 10.2 Å². The van der Waals surface area contributed by atoms with Gasteiger partial charge in [-0.05, 0) is 11.1 Å². The number of rotatable bonds is 2. The van der Waals surface area contributed by atoms with E-state index in [1.807, 2.05) is 4.98 Å². The topological polar surface area (TPSA) is 154 Å². The molecule has 0 radical (unpaired) electrons.